The minimum Gasteiger partial charge on any atom is -0.469 e. The maximum atomic E-state index is 11.9. The molecule has 7 nitrogen and oxygen atoms in total. The van der Waals surface area contributed by atoms with Crippen LogP contribution in [0.5, 0.6) is 17.2 Å². The molecule has 0 radical (unpaired) electrons. The maximum Gasteiger partial charge on any atom is 0.530 e. The van der Waals surface area contributed by atoms with Crippen LogP contribution in [0.4, 0.5) is 0 Å². The molecule has 3 aromatic rings. The Morgan fingerprint density at radius 3 is 1.49 bits per heavy atom. The molecule has 0 saturated carbocycles. The van der Waals surface area contributed by atoms with Crippen molar-refractivity contribution < 1.29 is 32.6 Å². The third kappa shape index (κ3) is 10.7. The van der Waals surface area contributed by atoms with E-state index in [4.69, 9.17) is 27.8 Å². The lowest BCUT2D eigenvalue weighted by Crippen LogP contribution is -2.17. The van der Waals surface area contributed by atoms with Crippen molar-refractivity contribution in [1.82, 2.24) is 0 Å². The highest BCUT2D eigenvalue weighted by Gasteiger charge is 2.38. The second-order valence-electron chi connectivity index (χ2n) is 16.0. The van der Waals surface area contributed by atoms with Crippen LogP contribution in [0.3, 0.4) is 0 Å². The van der Waals surface area contributed by atoms with Crippen LogP contribution >= 0.6 is 8.60 Å². The Hall–Kier alpha value is -3.12. The van der Waals surface area contributed by atoms with Crippen molar-refractivity contribution in [2.75, 3.05) is 14.2 Å². The van der Waals surface area contributed by atoms with Gasteiger partial charge in [0.25, 0.3) is 0 Å². The number of carbonyl (C=O) groups excluding carboxylic acids is 1. The Morgan fingerprint density at radius 2 is 1.10 bits per heavy atom. The van der Waals surface area contributed by atoms with Crippen LogP contribution in [0, 0.1) is 0 Å². The van der Waals surface area contributed by atoms with Gasteiger partial charge in [-0.25, -0.2) is 0 Å². The summed E-state index contributed by atoms with van der Waals surface area (Å²) < 4.78 is 36.3. The van der Waals surface area contributed by atoms with E-state index in [0.29, 0.717) is 18.6 Å². The third-order valence-electron chi connectivity index (χ3n) is 8.81. The van der Waals surface area contributed by atoms with Gasteiger partial charge in [-0.3, -0.25) is 4.79 Å². The van der Waals surface area contributed by atoms with Gasteiger partial charge in [0, 0.05) is 30.2 Å². The lowest BCUT2D eigenvalue weighted by atomic mass is 9.85. The van der Waals surface area contributed by atoms with Crippen molar-refractivity contribution in [2.24, 2.45) is 0 Å². The third-order valence-corrected chi connectivity index (χ3v) is 9.85. The fourth-order valence-electron chi connectivity index (χ4n) is 5.75. The molecule has 4 rings (SSSR count). The van der Waals surface area contributed by atoms with Gasteiger partial charge in [-0.2, -0.15) is 0 Å². The average Bonchev–Trinajstić information content (AvgIpc) is 3.81. The summed E-state index contributed by atoms with van der Waals surface area (Å²) >= 11 is 0. The Morgan fingerprint density at radius 1 is 0.673 bits per heavy atom. The molecule has 3 unspecified atom stereocenters. The lowest BCUT2D eigenvalue weighted by Gasteiger charge is -2.29. The first-order valence-electron chi connectivity index (χ1n) is 17.4. The summed E-state index contributed by atoms with van der Waals surface area (Å²) in [5, 5.41) is 0. The topological polar surface area (TPSA) is 75.8 Å². The molecule has 0 spiro atoms. The highest BCUT2D eigenvalue weighted by Crippen LogP contribution is 2.49. The van der Waals surface area contributed by atoms with E-state index in [0.717, 1.165) is 53.0 Å². The molecule has 0 aliphatic carbocycles. The highest BCUT2D eigenvalue weighted by atomic mass is 31.2. The number of esters is 1. The van der Waals surface area contributed by atoms with Crippen LogP contribution in [-0.2, 0) is 54.5 Å². The number of aryl methyl sites for hydroxylation is 3. The summed E-state index contributed by atoms with van der Waals surface area (Å²) in [7, 11) is 1.14. The van der Waals surface area contributed by atoms with Crippen LogP contribution in [0.2, 0.25) is 0 Å². The van der Waals surface area contributed by atoms with Gasteiger partial charge < -0.3 is 27.8 Å². The molecular formula is C41H57O7P. The van der Waals surface area contributed by atoms with E-state index in [9.17, 15) is 4.79 Å². The highest BCUT2D eigenvalue weighted by molar-refractivity contribution is 7.43. The van der Waals surface area contributed by atoms with Gasteiger partial charge in [0.05, 0.1) is 7.11 Å². The number of hydrogen-bond donors (Lipinski definition) is 0. The van der Waals surface area contributed by atoms with Gasteiger partial charge in [-0.1, -0.05) is 106 Å². The molecule has 0 amide bonds. The fourth-order valence-corrected chi connectivity index (χ4v) is 6.82. The van der Waals surface area contributed by atoms with Gasteiger partial charge in [0.15, 0.2) is 6.29 Å². The molecular weight excluding hydrogens is 635 g/mol. The number of rotatable bonds is 14. The van der Waals surface area contributed by atoms with Crippen LogP contribution in [-0.4, -0.2) is 32.6 Å². The first-order chi connectivity index (χ1) is 22.9. The summed E-state index contributed by atoms with van der Waals surface area (Å²) in [4.78, 5) is 11.9. The SMILES string of the molecule is CCc1ccc(OP(Oc2ccc(CCC(=O)OC)cc2C(C)(C)C)Oc2ccc(CCC3OC3OC)cc2C(C)(C)C)c(C(C)(C)C)c1. The van der Waals surface area contributed by atoms with E-state index in [-0.39, 0.29) is 34.6 Å². The van der Waals surface area contributed by atoms with Crippen molar-refractivity contribution in [2.45, 2.75) is 130 Å². The summed E-state index contributed by atoms with van der Waals surface area (Å²) in [6.45, 7) is 21.8. The molecule has 0 aromatic heterocycles. The molecule has 268 valence electrons. The summed E-state index contributed by atoms with van der Waals surface area (Å²) in [5.41, 5.74) is 6.09. The zero-order chi connectivity index (χ0) is 36.1. The van der Waals surface area contributed by atoms with E-state index in [1.165, 1.54) is 18.2 Å². The van der Waals surface area contributed by atoms with Crippen LogP contribution in [0.1, 0.15) is 115 Å². The van der Waals surface area contributed by atoms with Gasteiger partial charge in [-0.05, 0) is 76.8 Å². The monoisotopic (exact) mass is 692 g/mol. The standard InChI is InChI=1S/C41H57O7P/c1-13-27-14-19-33(30(24-27)39(2,3)4)46-49(48-35-21-16-29(18-23-37(42)43-11)26-32(35)41(8,9)10)47-34-20-15-28(25-31(34)40(5,6)7)17-22-36-38(44-12)45-36/h14-16,19-21,24-26,36,38H,13,17-18,22-23H2,1-12H3. The Kier molecular flexibility index (Phi) is 12.5. The molecule has 8 heteroatoms. The Bertz CT molecular complexity index is 1580. The molecule has 1 heterocycles. The van der Waals surface area contributed by atoms with E-state index in [2.05, 4.69) is 99.6 Å². The predicted molar refractivity (Wildman–Crippen MR) is 198 cm³/mol. The molecule has 3 atom stereocenters. The molecule has 1 aliphatic rings. The zero-order valence-corrected chi connectivity index (χ0v) is 32.6. The largest absolute Gasteiger partial charge is 0.530 e. The summed E-state index contributed by atoms with van der Waals surface area (Å²) in [5.74, 6) is 1.93. The van der Waals surface area contributed by atoms with E-state index >= 15 is 0 Å². The van der Waals surface area contributed by atoms with Crippen molar-refractivity contribution in [3.05, 3.63) is 88.0 Å². The molecule has 49 heavy (non-hydrogen) atoms. The number of hydrogen-bond acceptors (Lipinski definition) is 7. The van der Waals surface area contributed by atoms with Crippen LogP contribution in [0.25, 0.3) is 0 Å². The average molecular weight is 693 g/mol. The zero-order valence-electron chi connectivity index (χ0n) is 31.7. The number of benzene rings is 3. The van der Waals surface area contributed by atoms with Gasteiger partial charge >= 0.3 is 14.6 Å². The van der Waals surface area contributed by atoms with Crippen molar-refractivity contribution >= 4 is 14.6 Å². The minimum absolute atomic E-state index is 0.0909. The Labute approximate surface area is 296 Å². The van der Waals surface area contributed by atoms with E-state index in [1.807, 2.05) is 24.3 Å². The maximum absolute atomic E-state index is 11.9. The normalized spacial score (nSPS) is 17.0. The first kappa shape index (κ1) is 38.7. The molecule has 0 bridgehead atoms. The van der Waals surface area contributed by atoms with E-state index in [1.54, 1.807) is 7.11 Å². The summed E-state index contributed by atoms with van der Waals surface area (Å²) in [6.07, 6.45) is 3.66. The predicted octanol–water partition coefficient (Wildman–Crippen LogP) is 10.3. The van der Waals surface area contributed by atoms with Crippen LogP contribution < -0.4 is 13.6 Å². The van der Waals surface area contributed by atoms with Crippen molar-refractivity contribution in [3.8, 4) is 17.2 Å². The van der Waals surface area contributed by atoms with E-state index < -0.39 is 8.60 Å². The van der Waals surface area contributed by atoms with Gasteiger partial charge in [-0.15, -0.1) is 0 Å². The number of ether oxygens (including phenoxy) is 3. The second-order valence-corrected chi connectivity index (χ2v) is 17.0. The first-order valence-corrected chi connectivity index (χ1v) is 18.5. The number of carbonyl (C=O) groups is 1. The smallest absolute Gasteiger partial charge is 0.469 e. The van der Waals surface area contributed by atoms with Crippen LogP contribution in [0.15, 0.2) is 54.6 Å². The lowest BCUT2D eigenvalue weighted by molar-refractivity contribution is -0.140. The number of methoxy groups -OCH3 is 2. The van der Waals surface area contributed by atoms with Gasteiger partial charge in [0.2, 0.25) is 0 Å². The van der Waals surface area contributed by atoms with Crippen molar-refractivity contribution in [1.29, 1.82) is 0 Å². The Balaban J connectivity index is 1.74. The quantitative estimate of drug-likeness (QED) is 0.0946. The van der Waals surface area contributed by atoms with Gasteiger partial charge in [0.1, 0.15) is 23.4 Å². The molecule has 0 N–H and O–H groups in total. The number of epoxide rings is 1. The van der Waals surface area contributed by atoms with Crippen molar-refractivity contribution in [3.63, 3.8) is 0 Å². The molecule has 3 aromatic carbocycles. The molecule has 1 fully saturated rings. The fraction of sp³-hybridized carbons (Fsp3) is 0.537. The summed E-state index contributed by atoms with van der Waals surface area (Å²) in [6, 6.07) is 18.9. The minimum atomic E-state index is -1.96. The molecule has 1 saturated heterocycles. The molecule has 1 aliphatic heterocycles. The second kappa shape index (κ2) is 15.8.